The monoisotopic (exact) mass is 442 g/mol. The van der Waals surface area contributed by atoms with Crippen molar-refractivity contribution >= 4 is 23.5 Å². The Morgan fingerprint density at radius 1 is 1.13 bits per heavy atom. The van der Waals surface area contributed by atoms with Gasteiger partial charge in [-0.05, 0) is 35.9 Å². The summed E-state index contributed by atoms with van der Waals surface area (Å²) < 4.78 is 42.7. The van der Waals surface area contributed by atoms with E-state index < -0.39 is 12.4 Å². The summed E-state index contributed by atoms with van der Waals surface area (Å²) in [7, 11) is 1.55. The van der Waals surface area contributed by atoms with Crippen LogP contribution in [0.1, 0.15) is 11.1 Å². The molecule has 0 heterocycles. The predicted molar refractivity (Wildman–Crippen MR) is 109 cm³/mol. The quantitative estimate of drug-likeness (QED) is 0.317. The van der Waals surface area contributed by atoms with Crippen molar-refractivity contribution in [2.45, 2.75) is 19.6 Å². The van der Waals surface area contributed by atoms with Gasteiger partial charge in [0.15, 0.2) is 5.96 Å². The van der Waals surface area contributed by atoms with E-state index in [1.54, 1.807) is 19.2 Å². The van der Waals surface area contributed by atoms with Gasteiger partial charge in [-0.25, -0.2) is 4.39 Å². The smallest absolute Gasteiger partial charge is 0.387 e. The van der Waals surface area contributed by atoms with Crippen LogP contribution in [0.5, 0.6) is 5.75 Å². The molecule has 0 spiro atoms. The number of rotatable bonds is 9. The minimum Gasteiger partial charge on any atom is -0.434 e. The Labute approximate surface area is 177 Å². The molecule has 2 rings (SSSR count). The normalized spacial score (nSPS) is 11.3. The maximum Gasteiger partial charge on any atom is 0.387 e. The van der Waals surface area contributed by atoms with Gasteiger partial charge in [0.2, 0.25) is 5.91 Å². The van der Waals surface area contributed by atoms with Gasteiger partial charge in [0.25, 0.3) is 0 Å². The first kappa shape index (κ1) is 23.3. The molecule has 3 N–H and O–H groups in total. The molecular formula is C20H22ClF3N4O2. The Morgan fingerprint density at radius 2 is 1.90 bits per heavy atom. The molecule has 0 saturated heterocycles. The summed E-state index contributed by atoms with van der Waals surface area (Å²) in [5.41, 5.74) is 1.02. The summed E-state index contributed by atoms with van der Waals surface area (Å²) in [5, 5.41) is 9.05. The first-order valence-corrected chi connectivity index (χ1v) is 9.44. The molecule has 2 aromatic rings. The van der Waals surface area contributed by atoms with E-state index in [-0.39, 0.29) is 24.6 Å². The second-order valence-electron chi connectivity index (χ2n) is 6.14. The third-order valence-electron chi connectivity index (χ3n) is 3.90. The van der Waals surface area contributed by atoms with Gasteiger partial charge in [0.1, 0.15) is 11.6 Å². The molecule has 2 aromatic carbocycles. The largest absolute Gasteiger partial charge is 0.434 e. The van der Waals surface area contributed by atoms with E-state index in [0.29, 0.717) is 35.2 Å². The molecule has 0 aliphatic heterocycles. The van der Waals surface area contributed by atoms with E-state index >= 15 is 0 Å². The number of benzene rings is 2. The summed E-state index contributed by atoms with van der Waals surface area (Å²) in [5.74, 6) is -0.212. The summed E-state index contributed by atoms with van der Waals surface area (Å²) >= 11 is 5.92. The summed E-state index contributed by atoms with van der Waals surface area (Å²) in [6.45, 7) is -2.12. The molecule has 1 amide bonds. The molecule has 0 atom stereocenters. The lowest BCUT2D eigenvalue weighted by Crippen LogP contribution is -2.41. The van der Waals surface area contributed by atoms with Crippen molar-refractivity contribution in [2.75, 3.05) is 20.1 Å². The van der Waals surface area contributed by atoms with Gasteiger partial charge >= 0.3 is 6.61 Å². The molecule has 0 aliphatic carbocycles. The summed E-state index contributed by atoms with van der Waals surface area (Å²) in [4.78, 5) is 15.9. The second-order valence-corrected chi connectivity index (χ2v) is 6.58. The molecule has 0 saturated carbocycles. The average Bonchev–Trinajstić information content (AvgIpc) is 2.69. The highest BCUT2D eigenvalue weighted by molar-refractivity contribution is 6.30. The molecule has 10 heteroatoms. The zero-order valence-electron chi connectivity index (χ0n) is 16.2. The highest BCUT2D eigenvalue weighted by Gasteiger charge is 2.11. The first-order chi connectivity index (χ1) is 14.4. The lowest BCUT2D eigenvalue weighted by molar-refractivity contribution is -0.120. The van der Waals surface area contributed by atoms with Gasteiger partial charge in [0, 0.05) is 37.3 Å². The van der Waals surface area contributed by atoms with E-state index in [4.69, 9.17) is 11.6 Å². The van der Waals surface area contributed by atoms with Crippen molar-refractivity contribution in [3.8, 4) is 5.75 Å². The van der Waals surface area contributed by atoms with Crippen molar-refractivity contribution in [1.82, 2.24) is 16.0 Å². The molecule has 0 aliphatic rings. The van der Waals surface area contributed by atoms with E-state index in [2.05, 4.69) is 25.7 Å². The number of alkyl halides is 2. The molecule has 0 bridgehead atoms. The van der Waals surface area contributed by atoms with Crippen LogP contribution in [-0.2, 0) is 17.8 Å². The number of halogens is 4. The SMILES string of the molecule is CN=C(NCCNC(=O)Cc1cccc(F)c1)NCc1cc(Cl)ccc1OC(F)F. The minimum absolute atomic E-state index is 0.0157. The van der Waals surface area contributed by atoms with E-state index in [9.17, 15) is 18.0 Å². The number of carbonyl (C=O) groups is 1. The highest BCUT2D eigenvalue weighted by atomic mass is 35.5. The topological polar surface area (TPSA) is 74.8 Å². The number of hydrogen-bond acceptors (Lipinski definition) is 3. The minimum atomic E-state index is -2.95. The van der Waals surface area contributed by atoms with Gasteiger partial charge < -0.3 is 20.7 Å². The Bertz CT molecular complexity index is 881. The van der Waals surface area contributed by atoms with Crippen LogP contribution < -0.4 is 20.7 Å². The van der Waals surface area contributed by atoms with Gasteiger partial charge in [0.05, 0.1) is 6.42 Å². The number of ether oxygens (including phenoxy) is 1. The van der Waals surface area contributed by atoms with Gasteiger partial charge in [-0.1, -0.05) is 23.7 Å². The fourth-order valence-electron chi connectivity index (χ4n) is 2.57. The Kier molecular flexibility index (Phi) is 9.27. The lowest BCUT2D eigenvalue weighted by Gasteiger charge is -2.15. The highest BCUT2D eigenvalue weighted by Crippen LogP contribution is 2.24. The molecule has 162 valence electrons. The molecular weight excluding hydrogens is 421 g/mol. The maximum atomic E-state index is 13.1. The molecule has 0 fully saturated rings. The second kappa shape index (κ2) is 11.9. The van der Waals surface area contributed by atoms with E-state index in [0.717, 1.165) is 0 Å². The first-order valence-electron chi connectivity index (χ1n) is 9.06. The van der Waals surface area contributed by atoms with Crippen LogP contribution in [0.4, 0.5) is 13.2 Å². The number of aliphatic imine (C=N–C) groups is 1. The Hall–Kier alpha value is -2.94. The van der Waals surface area contributed by atoms with Crippen LogP contribution in [0.25, 0.3) is 0 Å². The number of hydrogen-bond donors (Lipinski definition) is 3. The number of nitrogens with one attached hydrogen (secondary N) is 3. The molecule has 0 radical (unpaired) electrons. The van der Waals surface area contributed by atoms with Crippen molar-refractivity contribution in [2.24, 2.45) is 4.99 Å². The summed E-state index contributed by atoms with van der Waals surface area (Å²) in [6.07, 6.45) is 0.0758. The van der Waals surface area contributed by atoms with E-state index in [1.165, 1.54) is 30.3 Å². The van der Waals surface area contributed by atoms with Crippen LogP contribution in [-0.4, -0.2) is 38.6 Å². The van der Waals surface area contributed by atoms with Crippen molar-refractivity contribution in [3.63, 3.8) is 0 Å². The lowest BCUT2D eigenvalue weighted by atomic mass is 10.1. The summed E-state index contributed by atoms with van der Waals surface area (Å²) in [6, 6.07) is 10.2. The fourth-order valence-corrected chi connectivity index (χ4v) is 2.77. The zero-order valence-corrected chi connectivity index (χ0v) is 17.0. The van der Waals surface area contributed by atoms with Crippen LogP contribution >= 0.6 is 11.6 Å². The van der Waals surface area contributed by atoms with Crippen LogP contribution in [0.15, 0.2) is 47.5 Å². The van der Waals surface area contributed by atoms with Crippen LogP contribution in [0.3, 0.4) is 0 Å². The fraction of sp³-hybridized carbons (Fsp3) is 0.300. The average molecular weight is 443 g/mol. The third kappa shape index (κ3) is 8.20. The molecule has 0 aromatic heterocycles. The Balaban J connectivity index is 1.76. The van der Waals surface area contributed by atoms with E-state index in [1.807, 2.05) is 0 Å². The number of amides is 1. The number of guanidine groups is 1. The zero-order chi connectivity index (χ0) is 21.9. The molecule has 30 heavy (non-hydrogen) atoms. The predicted octanol–water partition coefficient (Wildman–Crippen LogP) is 3.10. The van der Waals surface area contributed by atoms with Crippen molar-refractivity contribution < 1.29 is 22.7 Å². The number of carbonyl (C=O) groups excluding carboxylic acids is 1. The number of nitrogens with zero attached hydrogens (tertiary/aromatic N) is 1. The van der Waals surface area contributed by atoms with Crippen molar-refractivity contribution in [3.05, 3.63) is 64.4 Å². The van der Waals surface area contributed by atoms with Crippen molar-refractivity contribution in [1.29, 1.82) is 0 Å². The molecule has 6 nitrogen and oxygen atoms in total. The molecule has 0 unspecified atom stereocenters. The standard InChI is InChI=1S/C20H22ClF3N4O2/c1-25-20(28-12-14-11-15(21)5-6-17(14)30-19(23)24)27-8-7-26-18(29)10-13-3-2-4-16(22)9-13/h2-6,9,11,19H,7-8,10,12H2,1H3,(H,26,29)(H2,25,27,28). The maximum absolute atomic E-state index is 13.1. The van der Waals surface area contributed by atoms with Gasteiger partial charge in [-0.2, -0.15) is 8.78 Å². The van der Waals surface area contributed by atoms with Gasteiger partial charge in [-0.3, -0.25) is 9.79 Å². The van der Waals surface area contributed by atoms with Crippen LogP contribution in [0, 0.1) is 5.82 Å². The Morgan fingerprint density at radius 3 is 2.60 bits per heavy atom. The third-order valence-corrected chi connectivity index (χ3v) is 4.14. The van der Waals surface area contributed by atoms with Crippen LogP contribution in [0.2, 0.25) is 5.02 Å². The van der Waals surface area contributed by atoms with Gasteiger partial charge in [-0.15, -0.1) is 0 Å².